The van der Waals surface area contributed by atoms with Gasteiger partial charge in [-0.3, -0.25) is 4.72 Å². The molecule has 146 valence electrons. The van der Waals surface area contributed by atoms with E-state index in [1.54, 1.807) is 18.2 Å². The summed E-state index contributed by atoms with van der Waals surface area (Å²) in [5.74, 6) is -1.21. The van der Waals surface area contributed by atoms with Crippen LogP contribution < -0.4 is 4.72 Å². The summed E-state index contributed by atoms with van der Waals surface area (Å²) in [4.78, 5) is 11.7. The highest BCUT2D eigenvalue weighted by Gasteiger charge is 2.20. The number of hydrogen-bond acceptors (Lipinski definition) is 3. The number of aromatic nitrogens is 1. The van der Waals surface area contributed by atoms with E-state index in [2.05, 4.69) is 4.72 Å². The summed E-state index contributed by atoms with van der Waals surface area (Å²) in [6, 6.07) is 20.6. The number of benzene rings is 3. The number of aromatic carboxylic acids is 1. The first-order chi connectivity index (χ1) is 13.8. The summed E-state index contributed by atoms with van der Waals surface area (Å²) in [5, 5.41) is 10.3. The van der Waals surface area contributed by atoms with Gasteiger partial charge in [-0.15, -0.1) is 0 Å². The largest absolute Gasteiger partial charge is 0.478 e. The molecule has 4 rings (SSSR count). The zero-order valence-electron chi connectivity index (χ0n) is 15.5. The molecule has 0 unspecified atom stereocenters. The SMILES string of the molecule is Cn1ccc2cc(S(=O)(=O)Nc3cc(-c4ccccc4)ccc3C(=O)O)ccc21. The molecule has 1 heterocycles. The van der Waals surface area contributed by atoms with Crippen LogP contribution in [0.2, 0.25) is 0 Å². The molecular formula is C22H18N2O4S. The maximum Gasteiger partial charge on any atom is 0.337 e. The molecule has 7 heteroatoms. The van der Waals surface area contributed by atoms with E-state index in [-0.39, 0.29) is 16.1 Å². The Morgan fingerprint density at radius 2 is 1.69 bits per heavy atom. The second-order valence-electron chi connectivity index (χ2n) is 6.68. The molecule has 0 spiro atoms. The number of nitrogens with zero attached hydrogens (tertiary/aromatic N) is 1. The highest BCUT2D eigenvalue weighted by Crippen LogP contribution is 2.28. The van der Waals surface area contributed by atoms with Gasteiger partial charge in [0, 0.05) is 24.1 Å². The van der Waals surface area contributed by atoms with Crippen LogP contribution in [0.3, 0.4) is 0 Å². The molecule has 2 N–H and O–H groups in total. The third-order valence-electron chi connectivity index (χ3n) is 4.77. The van der Waals surface area contributed by atoms with Gasteiger partial charge < -0.3 is 9.67 Å². The maximum absolute atomic E-state index is 13.0. The first-order valence-electron chi connectivity index (χ1n) is 8.86. The molecule has 0 bridgehead atoms. The average molecular weight is 406 g/mol. The predicted octanol–water partition coefficient (Wildman–Crippen LogP) is 4.34. The molecule has 0 saturated heterocycles. The number of carbonyl (C=O) groups is 1. The fraction of sp³-hybridized carbons (Fsp3) is 0.0455. The van der Waals surface area contributed by atoms with Gasteiger partial charge >= 0.3 is 5.97 Å². The zero-order valence-corrected chi connectivity index (χ0v) is 16.3. The molecule has 3 aromatic carbocycles. The highest BCUT2D eigenvalue weighted by molar-refractivity contribution is 7.92. The Morgan fingerprint density at radius 1 is 0.931 bits per heavy atom. The number of nitrogens with one attached hydrogen (secondary N) is 1. The van der Waals surface area contributed by atoms with Gasteiger partial charge in [-0.25, -0.2) is 13.2 Å². The van der Waals surface area contributed by atoms with Gasteiger partial charge in [0.15, 0.2) is 0 Å². The molecule has 0 radical (unpaired) electrons. The lowest BCUT2D eigenvalue weighted by molar-refractivity contribution is 0.0698. The van der Waals surface area contributed by atoms with E-state index in [9.17, 15) is 18.3 Å². The number of hydrogen-bond donors (Lipinski definition) is 2. The van der Waals surface area contributed by atoms with Gasteiger partial charge in [0.1, 0.15) is 0 Å². The fourth-order valence-corrected chi connectivity index (χ4v) is 4.36. The standard InChI is InChI=1S/C22H18N2O4S/c1-24-12-11-17-13-18(8-10-21(17)24)29(27,28)23-20-14-16(7-9-19(20)22(25)26)15-5-3-2-4-6-15/h2-14,23H,1H3,(H,25,26). The van der Waals surface area contributed by atoms with Crippen molar-refractivity contribution in [2.75, 3.05) is 4.72 Å². The van der Waals surface area contributed by atoms with Crippen LogP contribution in [-0.2, 0) is 17.1 Å². The Hall–Kier alpha value is -3.58. The van der Waals surface area contributed by atoms with Gasteiger partial charge in [0.25, 0.3) is 10.0 Å². The topological polar surface area (TPSA) is 88.4 Å². The number of fused-ring (bicyclic) bond motifs is 1. The molecule has 1 aromatic heterocycles. The zero-order chi connectivity index (χ0) is 20.6. The molecule has 29 heavy (non-hydrogen) atoms. The lowest BCUT2D eigenvalue weighted by atomic mass is 10.0. The Balaban J connectivity index is 1.77. The van der Waals surface area contributed by atoms with Crippen molar-refractivity contribution in [1.82, 2.24) is 4.57 Å². The molecule has 0 atom stereocenters. The third kappa shape index (κ3) is 3.60. The molecule has 0 saturated carbocycles. The number of carboxylic acid groups (broad SMARTS) is 1. The lowest BCUT2D eigenvalue weighted by Gasteiger charge is -2.13. The van der Waals surface area contributed by atoms with E-state index >= 15 is 0 Å². The number of rotatable bonds is 5. The first-order valence-corrected chi connectivity index (χ1v) is 10.3. The summed E-state index contributed by atoms with van der Waals surface area (Å²) < 4.78 is 30.3. The molecule has 0 aliphatic carbocycles. The number of anilines is 1. The van der Waals surface area contributed by atoms with Crippen LogP contribution in [0, 0.1) is 0 Å². The van der Waals surface area contributed by atoms with Crippen molar-refractivity contribution in [3.8, 4) is 11.1 Å². The minimum atomic E-state index is -3.97. The fourth-order valence-electron chi connectivity index (χ4n) is 3.26. The number of aryl methyl sites for hydroxylation is 1. The van der Waals surface area contributed by atoms with E-state index < -0.39 is 16.0 Å². The van der Waals surface area contributed by atoms with E-state index in [0.29, 0.717) is 5.56 Å². The van der Waals surface area contributed by atoms with E-state index in [1.807, 2.05) is 54.2 Å². The summed E-state index contributed by atoms with van der Waals surface area (Å²) >= 11 is 0. The minimum absolute atomic E-state index is 0.0204. The van der Waals surface area contributed by atoms with Gasteiger partial charge in [-0.2, -0.15) is 0 Å². The Kier molecular flexibility index (Phi) is 4.60. The summed E-state index contributed by atoms with van der Waals surface area (Å²) in [6.45, 7) is 0. The van der Waals surface area contributed by atoms with E-state index in [1.165, 1.54) is 18.2 Å². The van der Waals surface area contributed by atoms with Crippen molar-refractivity contribution >= 4 is 32.6 Å². The number of sulfonamides is 1. The molecule has 0 fully saturated rings. The Bertz CT molecular complexity index is 1330. The van der Waals surface area contributed by atoms with Crippen molar-refractivity contribution in [2.24, 2.45) is 7.05 Å². The van der Waals surface area contributed by atoms with E-state index in [4.69, 9.17) is 0 Å². The van der Waals surface area contributed by atoms with Crippen LogP contribution >= 0.6 is 0 Å². The van der Waals surface area contributed by atoms with Crippen LogP contribution in [0.25, 0.3) is 22.0 Å². The van der Waals surface area contributed by atoms with E-state index in [0.717, 1.165) is 16.5 Å². The normalized spacial score (nSPS) is 11.5. The predicted molar refractivity (Wildman–Crippen MR) is 113 cm³/mol. The van der Waals surface area contributed by atoms with Gasteiger partial charge in [-0.05, 0) is 47.5 Å². The van der Waals surface area contributed by atoms with Gasteiger partial charge in [-0.1, -0.05) is 36.4 Å². The smallest absolute Gasteiger partial charge is 0.337 e. The second-order valence-corrected chi connectivity index (χ2v) is 8.37. The van der Waals surface area contributed by atoms with Crippen LogP contribution in [0.4, 0.5) is 5.69 Å². The quantitative estimate of drug-likeness (QED) is 0.516. The Labute approximate surface area is 168 Å². The molecule has 6 nitrogen and oxygen atoms in total. The molecule has 0 aliphatic heterocycles. The summed E-state index contributed by atoms with van der Waals surface area (Å²) in [7, 11) is -2.10. The van der Waals surface area contributed by atoms with Gasteiger partial charge in [0.05, 0.1) is 16.1 Å². The van der Waals surface area contributed by atoms with Crippen molar-refractivity contribution in [3.63, 3.8) is 0 Å². The molecular weight excluding hydrogens is 388 g/mol. The van der Waals surface area contributed by atoms with Crippen LogP contribution in [-0.4, -0.2) is 24.1 Å². The monoisotopic (exact) mass is 406 g/mol. The van der Waals surface area contributed by atoms with Crippen LogP contribution in [0.1, 0.15) is 10.4 Å². The second kappa shape index (κ2) is 7.10. The summed E-state index contributed by atoms with van der Waals surface area (Å²) in [5.41, 5.74) is 2.38. The molecule has 4 aromatic rings. The van der Waals surface area contributed by atoms with Crippen molar-refractivity contribution < 1.29 is 18.3 Å². The summed E-state index contributed by atoms with van der Waals surface area (Å²) in [6.07, 6.45) is 1.85. The van der Waals surface area contributed by atoms with Crippen molar-refractivity contribution in [2.45, 2.75) is 4.90 Å². The number of carboxylic acids is 1. The average Bonchev–Trinajstić information content (AvgIpc) is 3.08. The first kappa shape index (κ1) is 18.8. The van der Waals surface area contributed by atoms with Crippen molar-refractivity contribution in [3.05, 3.63) is 84.6 Å². The minimum Gasteiger partial charge on any atom is -0.478 e. The third-order valence-corrected chi connectivity index (χ3v) is 6.13. The molecule has 0 aliphatic rings. The van der Waals surface area contributed by atoms with Crippen LogP contribution in [0.5, 0.6) is 0 Å². The highest BCUT2D eigenvalue weighted by atomic mass is 32.2. The Morgan fingerprint density at radius 3 is 2.41 bits per heavy atom. The maximum atomic E-state index is 13.0. The lowest BCUT2D eigenvalue weighted by Crippen LogP contribution is -2.15. The van der Waals surface area contributed by atoms with Crippen LogP contribution in [0.15, 0.2) is 83.9 Å². The van der Waals surface area contributed by atoms with Gasteiger partial charge in [0.2, 0.25) is 0 Å². The molecule has 0 amide bonds. The van der Waals surface area contributed by atoms with Crippen molar-refractivity contribution in [1.29, 1.82) is 0 Å².